The van der Waals surface area contributed by atoms with Gasteiger partial charge in [-0.3, -0.25) is 4.79 Å². The van der Waals surface area contributed by atoms with Crippen molar-refractivity contribution in [3.8, 4) is 0 Å². The van der Waals surface area contributed by atoms with E-state index in [0.717, 1.165) is 5.57 Å². The van der Waals surface area contributed by atoms with Crippen molar-refractivity contribution in [3.63, 3.8) is 0 Å². The Morgan fingerprint density at radius 2 is 2.27 bits per heavy atom. The van der Waals surface area contributed by atoms with Gasteiger partial charge in [0.15, 0.2) is 0 Å². The van der Waals surface area contributed by atoms with Crippen LogP contribution in [0, 0.1) is 0 Å². The van der Waals surface area contributed by atoms with Crippen molar-refractivity contribution < 1.29 is 9.53 Å². The first kappa shape index (κ1) is 10.2. The van der Waals surface area contributed by atoms with Gasteiger partial charge in [-0.15, -0.1) is 0 Å². The standard InChI is InChI=1S/C8H15NO2/c1-4-7(2)5-9-8(10)6-11-3/h4H,5-6H2,1-3H3,(H,9,10)/b7-4+. The molecule has 0 aromatic rings. The average Bonchev–Trinajstić information content (AvgIpc) is 2.01. The molecule has 0 unspecified atom stereocenters. The Bertz CT molecular complexity index is 152. The second-order valence-corrected chi connectivity index (χ2v) is 2.34. The summed E-state index contributed by atoms with van der Waals surface area (Å²) in [7, 11) is 1.50. The van der Waals surface area contributed by atoms with Gasteiger partial charge in [0.2, 0.25) is 5.91 Å². The van der Waals surface area contributed by atoms with Crippen LogP contribution in [0.3, 0.4) is 0 Å². The molecule has 0 atom stereocenters. The summed E-state index contributed by atoms with van der Waals surface area (Å²) in [5.74, 6) is -0.0753. The van der Waals surface area contributed by atoms with Crippen LogP contribution >= 0.6 is 0 Å². The number of carbonyl (C=O) groups excluding carboxylic acids is 1. The van der Waals surface area contributed by atoms with Crippen LogP contribution in [0.5, 0.6) is 0 Å². The van der Waals surface area contributed by atoms with E-state index in [-0.39, 0.29) is 12.5 Å². The van der Waals surface area contributed by atoms with Crippen LogP contribution in [-0.2, 0) is 9.53 Å². The van der Waals surface area contributed by atoms with Crippen molar-refractivity contribution in [2.45, 2.75) is 13.8 Å². The number of allylic oxidation sites excluding steroid dienone is 1. The Morgan fingerprint density at radius 3 is 2.73 bits per heavy atom. The molecule has 11 heavy (non-hydrogen) atoms. The molecule has 0 fully saturated rings. The van der Waals surface area contributed by atoms with Crippen LogP contribution in [0.4, 0.5) is 0 Å². The zero-order chi connectivity index (χ0) is 8.69. The Morgan fingerprint density at radius 1 is 1.64 bits per heavy atom. The number of ether oxygens (including phenoxy) is 1. The Hall–Kier alpha value is -0.830. The monoisotopic (exact) mass is 157 g/mol. The lowest BCUT2D eigenvalue weighted by molar-refractivity contribution is -0.124. The van der Waals surface area contributed by atoms with Crippen LogP contribution in [0.2, 0.25) is 0 Å². The van der Waals surface area contributed by atoms with E-state index in [1.54, 1.807) is 0 Å². The minimum Gasteiger partial charge on any atom is -0.375 e. The summed E-state index contributed by atoms with van der Waals surface area (Å²) < 4.78 is 4.64. The molecule has 0 bridgehead atoms. The maximum atomic E-state index is 10.8. The quantitative estimate of drug-likeness (QED) is 0.610. The van der Waals surface area contributed by atoms with Gasteiger partial charge in [-0.25, -0.2) is 0 Å². The summed E-state index contributed by atoms with van der Waals surface area (Å²) in [4.78, 5) is 10.8. The first-order valence-electron chi connectivity index (χ1n) is 3.58. The summed E-state index contributed by atoms with van der Waals surface area (Å²) in [6.07, 6.45) is 1.97. The molecule has 0 aliphatic rings. The van der Waals surface area contributed by atoms with Crippen LogP contribution in [0.25, 0.3) is 0 Å². The summed E-state index contributed by atoms with van der Waals surface area (Å²) >= 11 is 0. The van der Waals surface area contributed by atoms with E-state index in [1.807, 2.05) is 19.9 Å². The van der Waals surface area contributed by atoms with Gasteiger partial charge in [0, 0.05) is 13.7 Å². The summed E-state index contributed by atoms with van der Waals surface area (Å²) in [5.41, 5.74) is 1.15. The van der Waals surface area contributed by atoms with Crippen LogP contribution in [0.1, 0.15) is 13.8 Å². The molecule has 0 aromatic carbocycles. The van der Waals surface area contributed by atoms with Gasteiger partial charge in [0.05, 0.1) is 0 Å². The van der Waals surface area contributed by atoms with Crippen molar-refractivity contribution in [1.82, 2.24) is 5.32 Å². The fourth-order valence-corrected chi connectivity index (χ4v) is 0.522. The van der Waals surface area contributed by atoms with Gasteiger partial charge in [-0.1, -0.05) is 11.6 Å². The van der Waals surface area contributed by atoms with Gasteiger partial charge in [-0.2, -0.15) is 0 Å². The maximum absolute atomic E-state index is 10.8. The minimum atomic E-state index is -0.0753. The first-order valence-corrected chi connectivity index (χ1v) is 3.58. The lowest BCUT2D eigenvalue weighted by atomic mass is 10.3. The summed E-state index contributed by atoms with van der Waals surface area (Å²) in [5, 5.41) is 2.70. The predicted molar refractivity (Wildman–Crippen MR) is 44.3 cm³/mol. The zero-order valence-corrected chi connectivity index (χ0v) is 7.31. The molecule has 3 nitrogen and oxygen atoms in total. The zero-order valence-electron chi connectivity index (χ0n) is 7.31. The molecular formula is C8H15NO2. The smallest absolute Gasteiger partial charge is 0.246 e. The fraction of sp³-hybridized carbons (Fsp3) is 0.625. The third-order valence-corrected chi connectivity index (χ3v) is 1.33. The number of carbonyl (C=O) groups is 1. The highest BCUT2D eigenvalue weighted by Gasteiger charge is 1.97. The van der Waals surface area contributed by atoms with Gasteiger partial charge in [0.25, 0.3) is 0 Å². The Labute approximate surface area is 67.4 Å². The largest absolute Gasteiger partial charge is 0.375 e. The van der Waals surface area contributed by atoms with E-state index >= 15 is 0 Å². The van der Waals surface area contributed by atoms with Crippen molar-refractivity contribution in [2.75, 3.05) is 20.3 Å². The number of rotatable bonds is 4. The molecule has 1 amide bonds. The van der Waals surface area contributed by atoms with Crippen molar-refractivity contribution in [1.29, 1.82) is 0 Å². The second kappa shape index (κ2) is 5.92. The highest BCUT2D eigenvalue weighted by Crippen LogP contribution is 1.86. The Balaban J connectivity index is 3.46. The number of amides is 1. The van der Waals surface area contributed by atoms with Crippen molar-refractivity contribution in [2.24, 2.45) is 0 Å². The van der Waals surface area contributed by atoms with Gasteiger partial charge in [-0.05, 0) is 13.8 Å². The molecule has 0 radical (unpaired) electrons. The van der Waals surface area contributed by atoms with Crippen LogP contribution in [-0.4, -0.2) is 26.2 Å². The summed E-state index contributed by atoms with van der Waals surface area (Å²) in [6, 6.07) is 0. The van der Waals surface area contributed by atoms with Gasteiger partial charge in [0.1, 0.15) is 6.61 Å². The number of hydrogen-bond donors (Lipinski definition) is 1. The molecule has 0 spiro atoms. The molecular weight excluding hydrogens is 142 g/mol. The van der Waals surface area contributed by atoms with Gasteiger partial charge >= 0.3 is 0 Å². The molecule has 0 saturated heterocycles. The van der Waals surface area contributed by atoms with E-state index in [4.69, 9.17) is 0 Å². The number of nitrogens with one attached hydrogen (secondary N) is 1. The van der Waals surface area contributed by atoms with Crippen molar-refractivity contribution in [3.05, 3.63) is 11.6 Å². The van der Waals surface area contributed by atoms with Crippen molar-refractivity contribution >= 4 is 5.91 Å². The first-order chi connectivity index (χ1) is 5.20. The SMILES string of the molecule is C/C=C(\C)CNC(=O)COC. The second-order valence-electron chi connectivity index (χ2n) is 2.34. The number of hydrogen-bond acceptors (Lipinski definition) is 2. The molecule has 64 valence electrons. The lowest BCUT2D eigenvalue weighted by Crippen LogP contribution is -2.28. The van der Waals surface area contributed by atoms with E-state index in [9.17, 15) is 4.79 Å². The summed E-state index contributed by atoms with van der Waals surface area (Å²) in [6.45, 7) is 4.65. The van der Waals surface area contributed by atoms with E-state index in [1.165, 1.54) is 7.11 Å². The molecule has 0 saturated carbocycles. The molecule has 0 aromatic heterocycles. The molecule has 1 N–H and O–H groups in total. The van der Waals surface area contributed by atoms with Crippen LogP contribution < -0.4 is 5.32 Å². The third-order valence-electron chi connectivity index (χ3n) is 1.33. The lowest BCUT2D eigenvalue weighted by Gasteiger charge is -2.03. The molecule has 0 heterocycles. The molecule has 0 aliphatic carbocycles. The predicted octanol–water partition coefficient (Wildman–Crippen LogP) is 0.715. The average molecular weight is 157 g/mol. The number of methoxy groups -OCH3 is 1. The van der Waals surface area contributed by atoms with E-state index < -0.39 is 0 Å². The Kier molecular flexibility index (Phi) is 5.47. The van der Waals surface area contributed by atoms with Crippen LogP contribution in [0.15, 0.2) is 11.6 Å². The van der Waals surface area contributed by atoms with E-state index in [0.29, 0.717) is 6.54 Å². The maximum Gasteiger partial charge on any atom is 0.246 e. The fourth-order valence-electron chi connectivity index (χ4n) is 0.522. The molecule has 0 rings (SSSR count). The third kappa shape index (κ3) is 5.61. The van der Waals surface area contributed by atoms with E-state index in [2.05, 4.69) is 10.1 Å². The normalized spacial score (nSPS) is 11.4. The minimum absolute atomic E-state index is 0.0753. The highest BCUT2D eigenvalue weighted by atomic mass is 16.5. The molecule has 3 heteroatoms. The topological polar surface area (TPSA) is 38.3 Å². The highest BCUT2D eigenvalue weighted by molar-refractivity contribution is 5.77. The molecule has 0 aliphatic heterocycles. The van der Waals surface area contributed by atoms with Gasteiger partial charge < -0.3 is 10.1 Å².